The summed E-state index contributed by atoms with van der Waals surface area (Å²) >= 11 is 0. The van der Waals surface area contributed by atoms with Gasteiger partial charge in [0.1, 0.15) is 12.1 Å². The van der Waals surface area contributed by atoms with E-state index in [0.29, 0.717) is 11.8 Å². The largest absolute Gasteiger partial charge is 0.354 e. The molecule has 5 heteroatoms. The van der Waals surface area contributed by atoms with Crippen LogP contribution in [0.2, 0.25) is 0 Å². The van der Waals surface area contributed by atoms with Crippen molar-refractivity contribution in [3.8, 4) is 0 Å². The number of nitrogens with zero attached hydrogens (tertiary/aromatic N) is 5. The van der Waals surface area contributed by atoms with Crippen LogP contribution in [0, 0.1) is 6.92 Å². The lowest BCUT2D eigenvalue weighted by Gasteiger charge is -2.23. The van der Waals surface area contributed by atoms with Gasteiger partial charge in [-0.25, -0.2) is 4.98 Å². The summed E-state index contributed by atoms with van der Waals surface area (Å²) in [5.74, 6) is 1.80. The predicted octanol–water partition coefficient (Wildman–Crippen LogP) is 1.42. The Kier molecular flexibility index (Phi) is 2.05. The minimum atomic E-state index is 0.578. The highest BCUT2D eigenvalue weighted by atomic mass is 15.4. The first-order valence-corrected chi connectivity index (χ1v) is 5.70. The van der Waals surface area contributed by atoms with Gasteiger partial charge in [-0.2, -0.15) is 14.6 Å². The third-order valence-corrected chi connectivity index (χ3v) is 3.21. The van der Waals surface area contributed by atoms with Crippen molar-refractivity contribution in [3.05, 3.63) is 18.1 Å². The molecule has 84 valence electrons. The molecule has 2 aromatic heterocycles. The molecule has 1 unspecified atom stereocenters. The molecule has 0 radical (unpaired) electrons. The van der Waals surface area contributed by atoms with Crippen LogP contribution < -0.4 is 4.90 Å². The molecule has 1 aliphatic heterocycles. The lowest BCUT2D eigenvalue weighted by Crippen LogP contribution is -2.28. The Balaban J connectivity index is 2.17. The van der Waals surface area contributed by atoms with Gasteiger partial charge in [0.2, 0.25) is 0 Å². The number of anilines is 1. The molecule has 0 bridgehead atoms. The fraction of sp³-hybridized carbons (Fsp3) is 0.545. The first-order valence-electron chi connectivity index (χ1n) is 5.70. The van der Waals surface area contributed by atoms with E-state index in [4.69, 9.17) is 0 Å². The van der Waals surface area contributed by atoms with E-state index in [0.717, 1.165) is 18.1 Å². The number of aryl methyl sites for hydroxylation is 1. The normalized spacial score (nSPS) is 20.9. The molecule has 1 fully saturated rings. The van der Waals surface area contributed by atoms with Crippen LogP contribution in [0.15, 0.2) is 12.4 Å². The van der Waals surface area contributed by atoms with Gasteiger partial charge >= 0.3 is 0 Å². The van der Waals surface area contributed by atoms with Crippen molar-refractivity contribution in [2.45, 2.75) is 32.7 Å². The molecule has 16 heavy (non-hydrogen) atoms. The maximum Gasteiger partial charge on any atom is 0.254 e. The summed E-state index contributed by atoms with van der Waals surface area (Å²) < 4.78 is 1.83. The minimum absolute atomic E-state index is 0.578. The lowest BCUT2D eigenvalue weighted by atomic mass is 10.2. The van der Waals surface area contributed by atoms with Gasteiger partial charge in [0.25, 0.3) is 5.78 Å². The molecule has 3 heterocycles. The summed E-state index contributed by atoms with van der Waals surface area (Å²) in [4.78, 5) is 10.9. The molecule has 0 aromatic carbocycles. The average molecular weight is 217 g/mol. The highest BCUT2D eigenvalue weighted by Gasteiger charge is 2.23. The van der Waals surface area contributed by atoms with Gasteiger partial charge in [0, 0.05) is 24.3 Å². The molecule has 3 rings (SSSR count). The second kappa shape index (κ2) is 3.43. The second-order valence-electron chi connectivity index (χ2n) is 4.41. The summed E-state index contributed by atoms with van der Waals surface area (Å²) in [6, 6.07) is 2.66. The van der Waals surface area contributed by atoms with Crippen molar-refractivity contribution in [2.24, 2.45) is 0 Å². The lowest BCUT2D eigenvalue weighted by molar-refractivity contribution is 0.711. The van der Waals surface area contributed by atoms with Crippen molar-refractivity contribution in [1.82, 2.24) is 19.6 Å². The molecule has 0 N–H and O–H groups in total. The van der Waals surface area contributed by atoms with Crippen molar-refractivity contribution in [2.75, 3.05) is 11.4 Å². The standard InChI is InChI=1S/C11H15N5/c1-8-6-10(15-5-3-4-9(15)2)16-11(14-8)12-7-13-16/h6-7,9H,3-5H2,1-2H3. The van der Waals surface area contributed by atoms with Gasteiger partial charge < -0.3 is 4.90 Å². The van der Waals surface area contributed by atoms with Crippen LogP contribution in [0.1, 0.15) is 25.5 Å². The fourth-order valence-corrected chi connectivity index (χ4v) is 2.39. The fourth-order valence-electron chi connectivity index (χ4n) is 2.39. The van der Waals surface area contributed by atoms with Gasteiger partial charge in [-0.3, -0.25) is 0 Å². The maximum atomic E-state index is 4.36. The van der Waals surface area contributed by atoms with Crippen molar-refractivity contribution in [1.29, 1.82) is 0 Å². The SMILES string of the molecule is Cc1cc(N2CCCC2C)n2ncnc2n1. The van der Waals surface area contributed by atoms with Crippen molar-refractivity contribution in [3.63, 3.8) is 0 Å². The van der Waals surface area contributed by atoms with Gasteiger partial charge in [-0.05, 0) is 26.7 Å². The van der Waals surface area contributed by atoms with E-state index < -0.39 is 0 Å². The second-order valence-corrected chi connectivity index (χ2v) is 4.41. The van der Waals surface area contributed by atoms with E-state index in [9.17, 15) is 0 Å². The number of hydrogen-bond donors (Lipinski definition) is 0. The molecule has 5 nitrogen and oxygen atoms in total. The zero-order valence-corrected chi connectivity index (χ0v) is 9.59. The Morgan fingerprint density at radius 1 is 1.44 bits per heavy atom. The minimum Gasteiger partial charge on any atom is -0.354 e. The first kappa shape index (κ1) is 9.57. The van der Waals surface area contributed by atoms with E-state index in [2.05, 4.69) is 33.0 Å². The average Bonchev–Trinajstić information content (AvgIpc) is 2.84. The van der Waals surface area contributed by atoms with E-state index in [-0.39, 0.29) is 0 Å². The zero-order chi connectivity index (χ0) is 11.1. The number of fused-ring (bicyclic) bond motifs is 1. The molecule has 0 spiro atoms. The summed E-state index contributed by atoms with van der Waals surface area (Å²) in [7, 11) is 0. The molecule has 0 amide bonds. The first-order chi connectivity index (χ1) is 7.75. The third-order valence-electron chi connectivity index (χ3n) is 3.21. The maximum absolute atomic E-state index is 4.36. The summed E-state index contributed by atoms with van der Waals surface area (Å²) in [5, 5.41) is 4.24. The van der Waals surface area contributed by atoms with Crippen LogP contribution >= 0.6 is 0 Å². The Hall–Kier alpha value is -1.65. The van der Waals surface area contributed by atoms with Crippen LogP contribution in [0.25, 0.3) is 5.78 Å². The van der Waals surface area contributed by atoms with E-state index in [1.54, 1.807) is 6.33 Å². The summed E-state index contributed by atoms with van der Waals surface area (Å²) in [5.41, 5.74) is 0.995. The smallest absolute Gasteiger partial charge is 0.254 e. The van der Waals surface area contributed by atoms with E-state index >= 15 is 0 Å². The summed E-state index contributed by atoms with van der Waals surface area (Å²) in [6.07, 6.45) is 4.06. The Morgan fingerprint density at radius 2 is 2.31 bits per heavy atom. The van der Waals surface area contributed by atoms with Crippen molar-refractivity contribution >= 4 is 11.6 Å². The molecule has 1 atom stereocenters. The van der Waals surface area contributed by atoms with Gasteiger partial charge in [-0.15, -0.1) is 0 Å². The number of rotatable bonds is 1. The van der Waals surface area contributed by atoms with Crippen LogP contribution in [0.3, 0.4) is 0 Å². The van der Waals surface area contributed by atoms with Crippen LogP contribution in [-0.2, 0) is 0 Å². The van der Waals surface area contributed by atoms with E-state index in [1.807, 2.05) is 11.4 Å². The highest BCUT2D eigenvalue weighted by molar-refractivity contribution is 5.48. The quantitative estimate of drug-likeness (QED) is 0.724. The molecule has 1 saturated heterocycles. The topological polar surface area (TPSA) is 46.3 Å². The molecule has 0 saturated carbocycles. The zero-order valence-electron chi connectivity index (χ0n) is 9.59. The summed E-state index contributed by atoms with van der Waals surface area (Å²) in [6.45, 7) is 5.35. The van der Waals surface area contributed by atoms with E-state index in [1.165, 1.54) is 12.8 Å². The van der Waals surface area contributed by atoms with Crippen LogP contribution in [0.4, 0.5) is 5.82 Å². The third kappa shape index (κ3) is 1.35. The molecule has 2 aromatic rings. The Morgan fingerprint density at radius 3 is 3.06 bits per heavy atom. The van der Waals surface area contributed by atoms with Crippen LogP contribution in [-0.4, -0.2) is 32.2 Å². The van der Waals surface area contributed by atoms with Gasteiger partial charge in [0.15, 0.2) is 0 Å². The number of aromatic nitrogens is 4. The Labute approximate surface area is 94.1 Å². The van der Waals surface area contributed by atoms with Gasteiger partial charge in [0.05, 0.1) is 0 Å². The predicted molar refractivity (Wildman–Crippen MR) is 61.6 cm³/mol. The molecule has 0 aliphatic carbocycles. The molecule has 1 aliphatic rings. The number of hydrogen-bond acceptors (Lipinski definition) is 4. The molecular formula is C11H15N5. The Bertz CT molecular complexity index is 518. The molecular weight excluding hydrogens is 202 g/mol. The van der Waals surface area contributed by atoms with Crippen molar-refractivity contribution < 1.29 is 0 Å². The van der Waals surface area contributed by atoms with Gasteiger partial charge in [-0.1, -0.05) is 0 Å². The van der Waals surface area contributed by atoms with Crippen LogP contribution in [0.5, 0.6) is 0 Å². The monoisotopic (exact) mass is 217 g/mol. The highest BCUT2D eigenvalue weighted by Crippen LogP contribution is 2.25.